The fraction of sp³-hybridized carbons (Fsp3) is 0.278. The third-order valence-electron chi connectivity index (χ3n) is 4.41. The van der Waals surface area contributed by atoms with Crippen molar-refractivity contribution in [2.75, 3.05) is 7.05 Å². The summed E-state index contributed by atoms with van der Waals surface area (Å²) in [5, 5.41) is 21.1. The molecule has 1 unspecified atom stereocenters. The number of aliphatic hydroxyl groups excluding tert-OH is 2. The summed E-state index contributed by atoms with van der Waals surface area (Å²) in [5.41, 5.74) is 1.59. The number of likely N-dealkylation sites (tertiary alicyclic amines) is 1. The van der Waals surface area contributed by atoms with Gasteiger partial charge in [-0.15, -0.1) is 0 Å². The van der Waals surface area contributed by atoms with Crippen LogP contribution in [0.1, 0.15) is 23.1 Å². The van der Waals surface area contributed by atoms with Crippen LogP contribution in [0.5, 0.6) is 0 Å². The monoisotopic (exact) mass is 297 g/mol. The van der Waals surface area contributed by atoms with Crippen LogP contribution in [0.2, 0.25) is 0 Å². The van der Waals surface area contributed by atoms with Gasteiger partial charge in [0.1, 0.15) is 12.2 Å². The summed E-state index contributed by atoms with van der Waals surface area (Å²) in [6.07, 6.45) is -1.98. The minimum Gasteiger partial charge on any atom is -0.386 e. The van der Waals surface area contributed by atoms with Gasteiger partial charge in [-0.3, -0.25) is 4.79 Å². The number of likely N-dealkylation sites (N-methyl/N-ethyl adjacent to an activating group) is 1. The topological polar surface area (TPSA) is 60.8 Å². The average molecular weight is 297 g/mol. The molecule has 0 spiro atoms. The molecular weight excluding hydrogens is 278 g/mol. The van der Waals surface area contributed by atoms with Gasteiger partial charge in [-0.25, -0.2) is 0 Å². The van der Waals surface area contributed by atoms with E-state index in [0.717, 1.165) is 11.1 Å². The standard InChI is InChI=1S/C18H19NO3/c1-19-15(16(20)13-10-6-3-7-11-13)14(17(21)18(19)22)12-8-4-2-5-9-12/h2-11,14-17,20-21H,1H3/t14-,15+,16?,17+/m1/s1. The number of aliphatic hydroxyl groups is 2. The highest BCUT2D eigenvalue weighted by Gasteiger charge is 2.49. The summed E-state index contributed by atoms with van der Waals surface area (Å²) < 4.78 is 0. The number of hydrogen-bond donors (Lipinski definition) is 2. The number of carbonyl (C=O) groups is 1. The molecule has 1 aliphatic heterocycles. The molecule has 22 heavy (non-hydrogen) atoms. The van der Waals surface area contributed by atoms with Crippen LogP contribution < -0.4 is 0 Å². The van der Waals surface area contributed by atoms with Crippen LogP contribution in [0, 0.1) is 0 Å². The van der Waals surface area contributed by atoms with E-state index in [2.05, 4.69) is 0 Å². The maximum atomic E-state index is 12.2. The second kappa shape index (κ2) is 5.91. The van der Waals surface area contributed by atoms with Gasteiger partial charge in [0.2, 0.25) is 0 Å². The number of amides is 1. The molecule has 1 fully saturated rings. The van der Waals surface area contributed by atoms with Crippen LogP contribution in [0.3, 0.4) is 0 Å². The van der Waals surface area contributed by atoms with Crippen molar-refractivity contribution in [3.05, 3.63) is 71.8 Å². The Bertz CT molecular complexity index is 644. The third-order valence-corrected chi connectivity index (χ3v) is 4.41. The van der Waals surface area contributed by atoms with Crippen molar-refractivity contribution in [2.24, 2.45) is 0 Å². The lowest BCUT2D eigenvalue weighted by molar-refractivity contribution is -0.135. The molecule has 4 nitrogen and oxygen atoms in total. The van der Waals surface area contributed by atoms with Crippen molar-refractivity contribution in [3.63, 3.8) is 0 Å². The molecule has 4 atom stereocenters. The van der Waals surface area contributed by atoms with Crippen LogP contribution in [0.15, 0.2) is 60.7 Å². The second-order valence-corrected chi connectivity index (χ2v) is 5.68. The molecule has 1 saturated heterocycles. The van der Waals surface area contributed by atoms with Gasteiger partial charge in [0, 0.05) is 13.0 Å². The Balaban J connectivity index is 2.01. The zero-order chi connectivity index (χ0) is 15.7. The Morgan fingerprint density at radius 1 is 1.00 bits per heavy atom. The van der Waals surface area contributed by atoms with E-state index in [0.29, 0.717) is 0 Å². The van der Waals surface area contributed by atoms with Crippen molar-refractivity contribution in [3.8, 4) is 0 Å². The predicted molar refractivity (Wildman–Crippen MR) is 83.1 cm³/mol. The highest BCUT2D eigenvalue weighted by atomic mass is 16.3. The van der Waals surface area contributed by atoms with Gasteiger partial charge in [-0.2, -0.15) is 0 Å². The smallest absolute Gasteiger partial charge is 0.252 e. The summed E-state index contributed by atoms with van der Waals surface area (Å²) in [5.74, 6) is -0.803. The van der Waals surface area contributed by atoms with Gasteiger partial charge in [-0.1, -0.05) is 60.7 Å². The quantitative estimate of drug-likeness (QED) is 0.906. The lowest BCUT2D eigenvalue weighted by Gasteiger charge is -2.30. The number of carbonyl (C=O) groups excluding carboxylic acids is 1. The summed E-state index contributed by atoms with van der Waals surface area (Å²) in [4.78, 5) is 13.7. The van der Waals surface area contributed by atoms with Crippen molar-refractivity contribution in [1.29, 1.82) is 0 Å². The Hall–Kier alpha value is -2.17. The molecular formula is C18H19NO3. The first kappa shape index (κ1) is 14.8. The van der Waals surface area contributed by atoms with Crippen LogP contribution in [-0.2, 0) is 4.79 Å². The van der Waals surface area contributed by atoms with Gasteiger partial charge in [-0.05, 0) is 11.1 Å². The predicted octanol–water partition coefficient (Wildman–Crippen LogP) is 1.71. The lowest BCUT2D eigenvalue weighted by atomic mass is 9.85. The molecule has 2 aromatic carbocycles. The number of hydrogen-bond acceptors (Lipinski definition) is 3. The molecule has 0 radical (unpaired) electrons. The summed E-state index contributed by atoms with van der Waals surface area (Å²) >= 11 is 0. The first-order chi connectivity index (χ1) is 10.6. The molecule has 3 rings (SSSR count). The van der Waals surface area contributed by atoms with Crippen LogP contribution >= 0.6 is 0 Å². The van der Waals surface area contributed by atoms with Gasteiger partial charge in [0.25, 0.3) is 5.91 Å². The largest absolute Gasteiger partial charge is 0.386 e. The van der Waals surface area contributed by atoms with Crippen molar-refractivity contribution < 1.29 is 15.0 Å². The maximum absolute atomic E-state index is 12.2. The van der Waals surface area contributed by atoms with Crippen molar-refractivity contribution >= 4 is 5.91 Å². The fourth-order valence-corrected chi connectivity index (χ4v) is 3.25. The first-order valence-corrected chi connectivity index (χ1v) is 7.34. The molecule has 1 aliphatic rings. The van der Waals surface area contributed by atoms with E-state index in [1.165, 1.54) is 4.90 Å². The molecule has 0 aliphatic carbocycles. The van der Waals surface area contributed by atoms with E-state index in [1.807, 2.05) is 60.7 Å². The molecule has 0 bridgehead atoms. The second-order valence-electron chi connectivity index (χ2n) is 5.68. The highest BCUT2D eigenvalue weighted by molar-refractivity contribution is 5.85. The fourth-order valence-electron chi connectivity index (χ4n) is 3.25. The van der Waals surface area contributed by atoms with Gasteiger partial charge in [0.05, 0.1) is 6.04 Å². The molecule has 1 heterocycles. The van der Waals surface area contributed by atoms with Gasteiger partial charge < -0.3 is 15.1 Å². The van der Waals surface area contributed by atoms with E-state index < -0.39 is 24.2 Å². The first-order valence-electron chi connectivity index (χ1n) is 7.34. The van der Waals surface area contributed by atoms with E-state index >= 15 is 0 Å². The molecule has 4 heteroatoms. The molecule has 2 N–H and O–H groups in total. The van der Waals surface area contributed by atoms with Crippen LogP contribution in [0.25, 0.3) is 0 Å². The minimum atomic E-state index is -1.13. The van der Waals surface area contributed by atoms with E-state index in [4.69, 9.17) is 0 Å². The Morgan fingerprint density at radius 2 is 1.55 bits per heavy atom. The molecule has 0 saturated carbocycles. The van der Waals surface area contributed by atoms with Gasteiger partial charge in [0.15, 0.2) is 0 Å². The average Bonchev–Trinajstić information content (AvgIpc) is 2.80. The molecule has 1 amide bonds. The van der Waals surface area contributed by atoms with E-state index in [1.54, 1.807) is 7.05 Å². The Labute approximate surface area is 129 Å². The highest BCUT2D eigenvalue weighted by Crippen LogP contribution is 2.40. The Kier molecular flexibility index (Phi) is 3.96. The number of rotatable bonds is 3. The number of nitrogens with zero attached hydrogens (tertiary/aromatic N) is 1. The molecule has 0 aromatic heterocycles. The van der Waals surface area contributed by atoms with E-state index in [9.17, 15) is 15.0 Å². The molecule has 2 aromatic rings. The SMILES string of the molecule is CN1C(=O)[C@@H](O)[C@H](c2ccccc2)[C@H]1C(O)c1ccccc1. The Morgan fingerprint density at radius 3 is 2.14 bits per heavy atom. The van der Waals surface area contributed by atoms with Gasteiger partial charge >= 0.3 is 0 Å². The molecule has 114 valence electrons. The lowest BCUT2D eigenvalue weighted by Crippen LogP contribution is -2.36. The van der Waals surface area contributed by atoms with E-state index in [-0.39, 0.29) is 5.91 Å². The summed E-state index contributed by atoms with van der Waals surface area (Å²) in [6, 6.07) is 18.1. The normalized spacial score (nSPS) is 26.2. The summed E-state index contributed by atoms with van der Waals surface area (Å²) in [7, 11) is 1.63. The third kappa shape index (κ3) is 2.40. The van der Waals surface area contributed by atoms with Crippen LogP contribution in [-0.4, -0.2) is 40.2 Å². The maximum Gasteiger partial charge on any atom is 0.252 e. The summed E-state index contributed by atoms with van der Waals surface area (Å²) in [6.45, 7) is 0. The van der Waals surface area contributed by atoms with Crippen molar-refractivity contribution in [2.45, 2.75) is 24.2 Å². The number of benzene rings is 2. The zero-order valence-corrected chi connectivity index (χ0v) is 12.3. The minimum absolute atomic E-state index is 0.353. The van der Waals surface area contributed by atoms with Crippen LogP contribution in [0.4, 0.5) is 0 Å². The zero-order valence-electron chi connectivity index (χ0n) is 12.3. The van der Waals surface area contributed by atoms with Crippen molar-refractivity contribution in [1.82, 2.24) is 4.90 Å².